The molecule has 12 heteroatoms. The quantitative estimate of drug-likeness (QED) is 0.305. The summed E-state index contributed by atoms with van der Waals surface area (Å²) in [4.78, 5) is 8.12. The molecule has 2 fully saturated rings. The SMILES string of the molecule is CN(C)c1cccc2c(S(=O)(=O)NCCCCN=C3SC[C@@H]4[C@@H](O)[C@H](O)[C@@H](O)[C@@H](O)N34)cccc12. The van der Waals surface area contributed by atoms with Gasteiger partial charge in [-0.2, -0.15) is 0 Å². The predicted molar refractivity (Wildman–Crippen MR) is 137 cm³/mol. The van der Waals surface area contributed by atoms with Crippen LogP contribution in [0.2, 0.25) is 0 Å². The number of nitrogens with one attached hydrogen (secondary N) is 1. The number of benzene rings is 2. The Kier molecular flexibility index (Phi) is 7.91. The number of nitrogens with zero attached hydrogens (tertiary/aromatic N) is 3. The van der Waals surface area contributed by atoms with Crippen molar-refractivity contribution in [2.24, 2.45) is 4.99 Å². The summed E-state index contributed by atoms with van der Waals surface area (Å²) in [6.07, 6.45) is -4.24. The van der Waals surface area contributed by atoms with E-state index in [0.717, 1.165) is 11.1 Å². The maximum atomic E-state index is 13.0. The lowest BCUT2D eigenvalue weighted by Gasteiger charge is -2.44. The Morgan fingerprint density at radius 2 is 1.74 bits per heavy atom. The largest absolute Gasteiger partial charge is 0.388 e. The summed E-state index contributed by atoms with van der Waals surface area (Å²) in [7, 11) is 0.134. The summed E-state index contributed by atoms with van der Waals surface area (Å²) < 4.78 is 28.7. The molecule has 35 heavy (non-hydrogen) atoms. The highest BCUT2D eigenvalue weighted by Gasteiger charge is 2.51. The molecule has 192 valence electrons. The summed E-state index contributed by atoms with van der Waals surface area (Å²) >= 11 is 1.35. The number of aliphatic hydroxyl groups excluding tert-OH is 4. The number of anilines is 1. The molecule has 0 aromatic heterocycles. The third-order valence-corrected chi connectivity index (χ3v) is 9.03. The average Bonchev–Trinajstić information content (AvgIpc) is 3.26. The monoisotopic (exact) mass is 524 g/mol. The van der Waals surface area contributed by atoms with Crippen LogP contribution in [0.4, 0.5) is 5.69 Å². The van der Waals surface area contributed by atoms with Gasteiger partial charge in [-0.05, 0) is 25.0 Å². The van der Waals surface area contributed by atoms with Crippen LogP contribution < -0.4 is 9.62 Å². The minimum absolute atomic E-state index is 0.241. The Morgan fingerprint density at radius 1 is 1.03 bits per heavy atom. The van der Waals surface area contributed by atoms with E-state index >= 15 is 0 Å². The van der Waals surface area contributed by atoms with E-state index < -0.39 is 40.6 Å². The van der Waals surface area contributed by atoms with Crippen molar-refractivity contribution in [1.29, 1.82) is 0 Å². The van der Waals surface area contributed by atoms with Gasteiger partial charge in [0.05, 0.1) is 10.9 Å². The maximum Gasteiger partial charge on any atom is 0.241 e. The molecule has 0 radical (unpaired) electrons. The number of piperidine rings is 1. The zero-order valence-electron chi connectivity index (χ0n) is 19.6. The molecule has 2 heterocycles. The van der Waals surface area contributed by atoms with Crippen molar-refractivity contribution in [3.05, 3.63) is 36.4 Å². The van der Waals surface area contributed by atoms with E-state index in [0.29, 0.717) is 35.7 Å². The van der Waals surface area contributed by atoms with E-state index in [4.69, 9.17) is 0 Å². The zero-order valence-corrected chi connectivity index (χ0v) is 21.3. The molecule has 4 rings (SSSR count). The van der Waals surface area contributed by atoms with Crippen molar-refractivity contribution in [2.75, 3.05) is 37.8 Å². The first-order valence-corrected chi connectivity index (χ1v) is 14.0. The second kappa shape index (κ2) is 10.6. The van der Waals surface area contributed by atoms with Crippen LogP contribution in [0.25, 0.3) is 10.8 Å². The van der Waals surface area contributed by atoms with Crippen molar-refractivity contribution in [3.8, 4) is 0 Å². The van der Waals surface area contributed by atoms with Gasteiger partial charge in [0.2, 0.25) is 10.0 Å². The highest BCUT2D eigenvalue weighted by atomic mass is 32.2. The van der Waals surface area contributed by atoms with E-state index in [1.807, 2.05) is 37.2 Å². The van der Waals surface area contributed by atoms with E-state index in [-0.39, 0.29) is 11.4 Å². The Bertz CT molecular complexity index is 1190. The molecule has 10 nitrogen and oxygen atoms in total. The van der Waals surface area contributed by atoms with Crippen LogP contribution in [0, 0.1) is 0 Å². The fourth-order valence-corrected chi connectivity index (χ4v) is 7.06. The highest BCUT2D eigenvalue weighted by molar-refractivity contribution is 8.14. The molecular formula is C23H32N4O6S2. The zero-order chi connectivity index (χ0) is 25.3. The third kappa shape index (κ3) is 5.15. The molecule has 2 aromatic rings. The van der Waals surface area contributed by atoms with Crippen molar-refractivity contribution >= 4 is 43.4 Å². The van der Waals surface area contributed by atoms with Crippen LogP contribution in [0.3, 0.4) is 0 Å². The lowest BCUT2D eigenvalue weighted by Crippen LogP contribution is -2.65. The molecule has 0 bridgehead atoms. The summed E-state index contributed by atoms with van der Waals surface area (Å²) in [6, 6.07) is 10.3. The fourth-order valence-electron chi connectivity index (χ4n) is 4.51. The number of sulfonamides is 1. The number of hydrogen-bond donors (Lipinski definition) is 5. The number of aliphatic hydroxyl groups is 4. The first kappa shape index (κ1) is 26.1. The summed E-state index contributed by atoms with van der Waals surface area (Å²) in [6.45, 7) is 0.651. The van der Waals surface area contributed by atoms with Crippen LogP contribution in [-0.2, 0) is 10.0 Å². The van der Waals surface area contributed by atoms with Gasteiger partial charge in [-0.1, -0.05) is 36.0 Å². The molecule has 2 aliphatic rings. The Labute approximate surface area is 209 Å². The van der Waals surface area contributed by atoms with Gasteiger partial charge in [-0.25, -0.2) is 13.1 Å². The van der Waals surface area contributed by atoms with E-state index in [1.54, 1.807) is 18.2 Å². The van der Waals surface area contributed by atoms with Gasteiger partial charge in [-0.15, -0.1) is 0 Å². The molecule has 2 saturated heterocycles. The van der Waals surface area contributed by atoms with Gasteiger partial charge in [0.1, 0.15) is 18.3 Å². The Morgan fingerprint density at radius 3 is 2.49 bits per heavy atom. The van der Waals surface area contributed by atoms with Crippen LogP contribution >= 0.6 is 11.8 Å². The molecule has 0 spiro atoms. The number of unbranched alkanes of at least 4 members (excludes halogenated alkanes) is 1. The molecule has 0 saturated carbocycles. The molecule has 2 aliphatic heterocycles. The van der Waals surface area contributed by atoms with Gasteiger partial charge >= 0.3 is 0 Å². The second-order valence-corrected chi connectivity index (χ2v) is 11.7. The Balaban J connectivity index is 1.34. The average molecular weight is 525 g/mol. The maximum absolute atomic E-state index is 13.0. The number of rotatable bonds is 8. The smallest absolute Gasteiger partial charge is 0.241 e. The number of thioether (sulfide) groups is 1. The number of aliphatic imine (C=N–C) groups is 1. The molecule has 2 aromatic carbocycles. The fraction of sp³-hybridized carbons (Fsp3) is 0.522. The van der Waals surface area contributed by atoms with Crippen LogP contribution in [0.1, 0.15) is 12.8 Å². The van der Waals surface area contributed by atoms with E-state index in [9.17, 15) is 28.8 Å². The summed E-state index contributed by atoms with van der Waals surface area (Å²) in [5, 5.41) is 42.3. The number of fused-ring (bicyclic) bond motifs is 2. The molecule has 5 atom stereocenters. The topological polar surface area (TPSA) is 146 Å². The lowest BCUT2D eigenvalue weighted by molar-refractivity contribution is -0.190. The van der Waals surface area contributed by atoms with Crippen molar-refractivity contribution < 1.29 is 28.8 Å². The highest BCUT2D eigenvalue weighted by Crippen LogP contribution is 2.34. The minimum Gasteiger partial charge on any atom is -0.388 e. The first-order chi connectivity index (χ1) is 16.6. The van der Waals surface area contributed by atoms with Gasteiger partial charge in [0.15, 0.2) is 11.4 Å². The van der Waals surface area contributed by atoms with E-state index in [1.165, 1.54) is 16.7 Å². The van der Waals surface area contributed by atoms with Crippen LogP contribution in [0.5, 0.6) is 0 Å². The standard InChI is InChI=1S/C23H32N4O6S2/c1-26(2)16-9-5-8-15-14(16)7-6-10-18(15)35(32,33)25-12-4-3-11-24-23-27-17(13-34-23)19(28)20(29)21(30)22(27)31/h5-10,17,19-22,25,28-31H,3-4,11-13H2,1-2H3/t17-,19-,20+,21-,22-/m1/s1. The van der Waals surface area contributed by atoms with E-state index in [2.05, 4.69) is 9.71 Å². The molecule has 0 aliphatic carbocycles. The van der Waals surface area contributed by atoms with Gasteiger partial charge in [0.25, 0.3) is 0 Å². The van der Waals surface area contributed by atoms with Crippen LogP contribution in [-0.4, -0.2) is 102 Å². The van der Waals surface area contributed by atoms with Gasteiger partial charge in [-0.3, -0.25) is 4.99 Å². The van der Waals surface area contributed by atoms with Crippen molar-refractivity contribution in [1.82, 2.24) is 9.62 Å². The van der Waals surface area contributed by atoms with Crippen LogP contribution in [0.15, 0.2) is 46.3 Å². The first-order valence-electron chi connectivity index (χ1n) is 11.5. The molecule has 5 N–H and O–H groups in total. The summed E-state index contributed by atoms with van der Waals surface area (Å²) in [5.74, 6) is 0.446. The number of hydrogen-bond acceptors (Lipinski definition) is 9. The van der Waals surface area contributed by atoms with Gasteiger partial charge in [0, 0.05) is 49.4 Å². The molecule has 0 unspecified atom stereocenters. The molecule has 0 amide bonds. The lowest BCUT2D eigenvalue weighted by atomic mass is 9.94. The Hall–Kier alpha value is -1.93. The third-order valence-electron chi connectivity index (χ3n) is 6.40. The molecular weight excluding hydrogens is 492 g/mol. The predicted octanol–water partition coefficient (Wildman–Crippen LogP) is 0.152. The minimum atomic E-state index is -3.70. The van der Waals surface area contributed by atoms with Crippen molar-refractivity contribution in [2.45, 2.75) is 48.3 Å². The van der Waals surface area contributed by atoms with Gasteiger partial charge < -0.3 is 30.2 Å². The second-order valence-electron chi connectivity index (χ2n) is 8.96. The normalized spacial score (nSPS) is 28.0. The van der Waals surface area contributed by atoms with Crippen molar-refractivity contribution in [3.63, 3.8) is 0 Å². The summed E-state index contributed by atoms with van der Waals surface area (Å²) in [5.41, 5.74) is 0.944. The number of amidine groups is 1.